The van der Waals surface area contributed by atoms with Gasteiger partial charge in [0.2, 0.25) is 5.91 Å². The Kier molecular flexibility index (Phi) is 5.89. The van der Waals surface area contributed by atoms with Crippen molar-refractivity contribution < 1.29 is 32.9 Å². The molecule has 2 aliphatic rings. The fourth-order valence-corrected chi connectivity index (χ4v) is 5.39. The molecule has 2 aliphatic heterocycles. The van der Waals surface area contributed by atoms with Crippen molar-refractivity contribution in [1.82, 2.24) is 0 Å². The first-order valence-corrected chi connectivity index (χ1v) is 11.2. The Labute approximate surface area is 191 Å². The van der Waals surface area contributed by atoms with Crippen LogP contribution in [0.25, 0.3) is 0 Å². The van der Waals surface area contributed by atoms with Gasteiger partial charge in [0.05, 0.1) is 6.10 Å². The Hall–Kier alpha value is -2.66. The molecule has 3 N–H and O–H groups in total. The van der Waals surface area contributed by atoms with Crippen LogP contribution in [0.1, 0.15) is 25.7 Å². The molecule has 9 nitrogen and oxygen atoms in total. The summed E-state index contributed by atoms with van der Waals surface area (Å²) in [6.07, 6.45) is -0.404. The van der Waals surface area contributed by atoms with Crippen molar-refractivity contribution in [2.75, 3.05) is 4.31 Å². The fraction of sp³-hybridized carbons (Fsp3) is 0.333. The fourth-order valence-electron chi connectivity index (χ4n) is 4.46. The number of nitrogens with zero attached hydrogens (tertiary/aromatic N) is 1. The summed E-state index contributed by atoms with van der Waals surface area (Å²) in [6.45, 7) is 0. The van der Waals surface area contributed by atoms with Crippen molar-refractivity contribution in [2.24, 2.45) is 5.73 Å². The largest absolute Gasteiger partial charge is 0.755 e. The zero-order chi connectivity index (χ0) is 23.1. The van der Waals surface area contributed by atoms with E-state index in [0.717, 1.165) is 4.31 Å². The SMILES string of the molecule is NC(=O)C12CCC(CC(C(=O)O)(N(c3ccc(Oc4ccc(Cl)cc4)cc3)S(=O)[O-])C1)O2. The van der Waals surface area contributed by atoms with E-state index in [0.29, 0.717) is 22.9 Å². The van der Waals surface area contributed by atoms with E-state index in [2.05, 4.69) is 0 Å². The van der Waals surface area contributed by atoms with Crippen LogP contribution in [0.3, 0.4) is 0 Å². The van der Waals surface area contributed by atoms with Crippen LogP contribution >= 0.6 is 11.6 Å². The van der Waals surface area contributed by atoms with E-state index in [-0.39, 0.29) is 24.9 Å². The minimum Gasteiger partial charge on any atom is -0.755 e. The third-order valence-corrected chi connectivity index (χ3v) is 7.02. The normalized spacial score (nSPS) is 27.5. The number of aliphatic carboxylic acids is 1. The lowest BCUT2D eigenvalue weighted by Gasteiger charge is -2.49. The van der Waals surface area contributed by atoms with Crippen LogP contribution in [-0.4, -0.2) is 43.0 Å². The number of primary amides is 1. The van der Waals surface area contributed by atoms with Gasteiger partial charge < -0.3 is 24.9 Å². The summed E-state index contributed by atoms with van der Waals surface area (Å²) in [5, 5.41) is 10.7. The van der Waals surface area contributed by atoms with E-state index >= 15 is 0 Å². The highest BCUT2D eigenvalue weighted by Crippen LogP contribution is 2.49. The lowest BCUT2D eigenvalue weighted by atomic mass is 9.79. The van der Waals surface area contributed by atoms with E-state index in [1.54, 1.807) is 24.3 Å². The number of nitrogens with two attached hydrogens (primary N) is 1. The molecule has 32 heavy (non-hydrogen) atoms. The van der Waals surface area contributed by atoms with E-state index in [4.69, 9.17) is 26.8 Å². The second-order valence-electron chi connectivity index (χ2n) is 7.92. The summed E-state index contributed by atoms with van der Waals surface area (Å²) in [5.74, 6) is -1.23. The maximum absolute atomic E-state index is 12.5. The van der Waals surface area contributed by atoms with Crippen LogP contribution < -0.4 is 14.8 Å². The Morgan fingerprint density at radius 3 is 2.31 bits per heavy atom. The number of ether oxygens (including phenoxy) is 2. The van der Waals surface area contributed by atoms with Crippen molar-refractivity contribution in [3.8, 4) is 11.5 Å². The van der Waals surface area contributed by atoms with Crippen LogP contribution in [0.15, 0.2) is 48.5 Å². The average Bonchev–Trinajstić information content (AvgIpc) is 3.06. The van der Waals surface area contributed by atoms with Crippen LogP contribution in [0.4, 0.5) is 5.69 Å². The molecule has 2 saturated heterocycles. The molecule has 11 heteroatoms. The molecule has 170 valence electrons. The van der Waals surface area contributed by atoms with Crippen LogP contribution in [0.2, 0.25) is 5.02 Å². The summed E-state index contributed by atoms with van der Waals surface area (Å²) < 4.78 is 36.8. The summed E-state index contributed by atoms with van der Waals surface area (Å²) >= 11 is 2.91. The molecule has 0 radical (unpaired) electrons. The van der Waals surface area contributed by atoms with Crippen LogP contribution in [0, 0.1) is 0 Å². The number of benzene rings is 2. The minimum absolute atomic E-state index is 0.103. The predicted octanol–water partition coefficient (Wildman–Crippen LogP) is 2.75. The van der Waals surface area contributed by atoms with Gasteiger partial charge in [-0.2, -0.15) is 0 Å². The monoisotopic (exact) mass is 479 g/mol. The average molecular weight is 480 g/mol. The number of fused-ring (bicyclic) bond motifs is 2. The number of anilines is 1. The summed E-state index contributed by atoms with van der Waals surface area (Å²) in [5.41, 5.74) is 2.21. The lowest BCUT2D eigenvalue weighted by Crippen LogP contribution is -2.65. The quantitative estimate of drug-likeness (QED) is 0.581. The molecule has 2 aromatic rings. The van der Waals surface area contributed by atoms with Crippen LogP contribution in [0.5, 0.6) is 11.5 Å². The number of carboxylic acid groups (broad SMARTS) is 1. The number of hydrogen-bond donors (Lipinski definition) is 2. The molecule has 2 aromatic carbocycles. The Morgan fingerprint density at radius 2 is 1.78 bits per heavy atom. The van der Waals surface area contributed by atoms with Gasteiger partial charge in [0.25, 0.3) is 0 Å². The van der Waals surface area contributed by atoms with Crippen molar-refractivity contribution in [3.05, 3.63) is 53.6 Å². The molecule has 2 bridgehead atoms. The van der Waals surface area contributed by atoms with E-state index in [9.17, 15) is 23.5 Å². The number of carboxylic acids is 1. The number of rotatable bonds is 7. The zero-order valence-electron chi connectivity index (χ0n) is 16.7. The number of amides is 1. The molecule has 4 atom stereocenters. The molecule has 2 heterocycles. The molecular weight excluding hydrogens is 460 g/mol. The highest BCUT2D eigenvalue weighted by Gasteiger charge is 2.62. The summed E-state index contributed by atoms with van der Waals surface area (Å²) in [7, 11) is 0. The molecule has 0 aliphatic carbocycles. The van der Waals surface area contributed by atoms with Crippen LogP contribution in [-0.2, 0) is 25.6 Å². The Bertz CT molecular complexity index is 1060. The van der Waals surface area contributed by atoms with Crippen molar-refractivity contribution in [1.29, 1.82) is 0 Å². The molecular formula is C21H20ClN2O7S-. The molecule has 0 spiro atoms. The maximum Gasteiger partial charge on any atom is 0.330 e. The van der Waals surface area contributed by atoms with Gasteiger partial charge in [-0.15, -0.1) is 0 Å². The highest BCUT2D eigenvalue weighted by molar-refractivity contribution is 7.80. The standard InChI is InChI=1S/C21H21ClN2O7S/c22-13-1-5-15(6-2-13)30-16-7-3-14(4-8-16)24(32(28)29)20(19(26)27)11-17-9-10-21(12-20,31-17)18(23)25/h1-8,17H,9-12H2,(H2,23,25)(H,26,27)(H,28,29)/p-1. The highest BCUT2D eigenvalue weighted by atomic mass is 35.5. The lowest BCUT2D eigenvalue weighted by molar-refractivity contribution is -0.165. The van der Waals surface area contributed by atoms with Gasteiger partial charge in [-0.25, -0.2) is 4.79 Å². The summed E-state index contributed by atoms with van der Waals surface area (Å²) in [6, 6.07) is 12.6. The zero-order valence-corrected chi connectivity index (χ0v) is 18.3. The molecule has 4 unspecified atom stereocenters. The van der Waals surface area contributed by atoms with Gasteiger partial charge in [0, 0.05) is 34.8 Å². The molecule has 0 saturated carbocycles. The molecule has 1 amide bonds. The van der Waals surface area contributed by atoms with Gasteiger partial charge in [0.15, 0.2) is 5.54 Å². The molecule has 2 fully saturated rings. The van der Waals surface area contributed by atoms with E-state index in [1.807, 2.05) is 0 Å². The summed E-state index contributed by atoms with van der Waals surface area (Å²) in [4.78, 5) is 24.6. The van der Waals surface area contributed by atoms with Gasteiger partial charge in [0.1, 0.15) is 17.1 Å². The topological polar surface area (TPSA) is 142 Å². The van der Waals surface area contributed by atoms with E-state index < -0.39 is 40.4 Å². The predicted molar refractivity (Wildman–Crippen MR) is 115 cm³/mol. The number of hydrogen-bond acceptors (Lipinski definition) is 6. The first-order chi connectivity index (χ1) is 15.1. The smallest absolute Gasteiger partial charge is 0.330 e. The van der Waals surface area contributed by atoms with Gasteiger partial charge >= 0.3 is 5.97 Å². The van der Waals surface area contributed by atoms with Crippen molar-refractivity contribution >= 4 is 40.4 Å². The number of carbonyl (C=O) groups is 2. The number of halogens is 1. The number of carbonyl (C=O) groups excluding carboxylic acids is 1. The third-order valence-electron chi connectivity index (χ3n) is 5.91. The van der Waals surface area contributed by atoms with Crippen molar-refractivity contribution in [2.45, 2.75) is 42.9 Å². The second kappa shape index (κ2) is 8.36. The maximum atomic E-state index is 12.5. The Balaban J connectivity index is 1.67. The Morgan fingerprint density at radius 1 is 1.19 bits per heavy atom. The van der Waals surface area contributed by atoms with Crippen molar-refractivity contribution in [3.63, 3.8) is 0 Å². The molecule has 0 aromatic heterocycles. The second-order valence-corrected chi connectivity index (χ2v) is 9.15. The molecule has 4 rings (SSSR count). The van der Waals surface area contributed by atoms with Gasteiger partial charge in [-0.3, -0.25) is 13.3 Å². The van der Waals surface area contributed by atoms with Gasteiger partial charge in [-0.05, 0) is 61.4 Å². The first kappa shape index (κ1) is 22.5. The van der Waals surface area contributed by atoms with E-state index in [1.165, 1.54) is 24.3 Å². The first-order valence-electron chi connectivity index (χ1n) is 9.79. The third kappa shape index (κ3) is 3.95. The minimum atomic E-state index is -2.95. The van der Waals surface area contributed by atoms with Gasteiger partial charge in [-0.1, -0.05) is 11.6 Å².